The van der Waals surface area contributed by atoms with Crippen LogP contribution < -0.4 is 20.1 Å². The van der Waals surface area contributed by atoms with E-state index in [1.807, 2.05) is 0 Å². The van der Waals surface area contributed by atoms with Gasteiger partial charge in [-0.25, -0.2) is 0 Å². The Morgan fingerprint density at radius 2 is 1.88 bits per heavy atom. The van der Waals surface area contributed by atoms with Crippen LogP contribution in [-0.4, -0.2) is 42.6 Å². The van der Waals surface area contributed by atoms with Gasteiger partial charge in [-0.05, 0) is 12.0 Å². The average molecular weight is 362 g/mol. The highest BCUT2D eigenvalue weighted by Crippen LogP contribution is 2.50. The second-order valence-corrected chi connectivity index (χ2v) is 6.92. The summed E-state index contributed by atoms with van der Waals surface area (Å²) in [5.41, 5.74) is -0.937. The third-order valence-electron chi connectivity index (χ3n) is 5.48. The van der Waals surface area contributed by atoms with Crippen LogP contribution in [0.15, 0.2) is 18.2 Å². The number of aliphatic carboxylic acids is 1. The molecule has 4 unspecified atom stereocenters. The average Bonchev–Trinajstić information content (AvgIpc) is 3.11. The fourth-order valence-corrected chi connectivity index (χ4v) is 4.18. The lowest BCUT2D eigenvalue weighted by molar-refractivity contribution is -0.151. The zero-order valence-corrected chi connectivity index (χ0v) is 15.0. The van der Waals surface area contributed by atoms with Crippen molar-refractivity contribution in [3.8, 4) is 11.5 Å². The van der Waals surface area contributed by atoms with Gasteiger partial charge in [-0.3, -0.25) is 25.0 Å². The summed E-state index contributed by atoms with van der Waals surface area (Å²) in [5, 5.41) is 15.3. The Morgan fingerprint density at radius 3 is 2.42 bits per heavy atom. The molecule has 1 aromatic rings. The van der Waals surface area contributed by atoms with Crippen molar-refractivity contribution in [2.75, 3.05) is 14.2 Å². The van der Waals surface area contributed by atoms with E-state index in [9.17, 15) is 19.5 Å². The fourth-order valence-electron chi connectivity index (χ4n) is 4.18. The molecule has 8 heteroatoms. The Morgan fingerprint density at radius 1 is 1.19 bits per heavy atom. The molecule has 2 saturated heterocycles. The number of imide groups is 1. The van der Waals surface area contributed by atoms with Gasteiger partial charge < -0.3 is 14.6 Å². The zero-order valence-electron chi connectivity index (χ0n) is 15.0. The molecule has 2 aliphatic heterocycles. The zero-order chi connectivity index (χ0) is 19.2. The first-order valence-electron chi connectivity index (χ1n) is 8.35. The van der Waals surface area contributed by atoms with Gasteiger partial charge in [0, 0.05) is 17.7 Å². The number of hydrogen-bond acceptors (Lipinski definition) is 6. The van der Waals surface area contributed by atoms with Crippen LogP contribution >= 0.6 is 0 Å². The highest BCUT2D eigenvalue weighted by molar-refractivity contribution is 6.09. The maximum absolute atomic E-state index is 12.5. The van der Waals surface area contributed by atoms with E-state index in [0.29, 0.717) is 17.1 Å². The molecule has 0 radical (unpaired) electrons. The summed E-state index contributed by atoms with van der Waals surface area (Å²) in [7, 11) is 3.01. The molecule has 2 fully saturated rings. The van der Waals surface area contributed by atoms with Gasteiger partial charge in [0.25, 0.3) is 0 Å². The summed E-state index contributed by atoms with van der Waals surface area (Å²) < 4.78 is 10.6. The lowest BCUT2D eigenvalue weighted by Gasteiger charge is -2.33. The largest absolute Gasteiger partial charge is 0.497 e. The third-order valence-corrected chi connectivity index (χ3v) is 5.48. The molecule has 26 heavy (non-hydrogen) atoms. The number of carbonyl (C=O) groups is 3. The number of ether oxygens (including phenoxy) is 2. The lowest BCUT2D eigenvalue weighted by Crippen LogP contribution is -2.59. The van der Waals surface area contributed by atoms with Gasteiger partial charge in [0.2, 0.25) is 11.8 Å². The van der Waals surface area contributed by atoms with Crippen LogP contribution in [0.25, 0.3) is 0 Å². The first-order chi connectivity index (χ1) is 12.3. The summed E-state index contributed by atoms with van der Waals surface area (Å²) >= 11 is 0. The third kappa shape index (κ3) is 2.36. The molecule has 3 rings (SSSR count). The second-order valence-electron chi connectivity index (χ2n) is 6.92. The number of amides is 2. The van der Waals surface area contributed by atoms with Crippen LogP contribution in [0.5, 0.6) is 11.5 Å². The molecule has 4 atom stereocenters. The Hall–Kier alpha value is -2.61. The monoisotopic (exact) mass is 362 g/mol. The Labute approximate surface area is 150 Å². The predicted molar refractivity (Wildman–Crippen MR) is 90.8 cm³/mol. The molecule has 0 bridgehead atoms. The maximum atomic E-state index is 12.5. The van der Waals surface area contributed by atoms with Gasteiger partial charge in [0.05, 0.1) is 26.1 Å². The van der Waals surface area contributed by atoms with Gasteiger partial charge in [-0.2, -0.15) is 0 Å². The number of nitrogens with one attached hydrogen (secondary N) is 2. The van der Waals surface area contributed by atoms with E-state index in [0.717, 1.165) is 0 Å². The molecule has 1 aromatic carbocycles. The smallest absolute Gasteiger partial charge is 0.325 e. The second kappa shape index (κ2) is 6.28. The Balaban J connectivity index is 2.16. The molecule has 2 amide bonds. The minimum absolute atomic E-state index is 0.418. The first-order valence-corrected chi connectivity index (χ1v) is 8.35. The molecule has 0 aliphatic carbocycles. The number of carbonyl (C=O) groups excluding carboxylic acids is 2. The fraction of sp³-hybridized carbons (Fsp3) is 0.500. The minimum Gasteiger partial charge on any atom is -0.497 e. The number of fused-ring (bicyclic) bond motifs is 1. The molecule has 8 nitrogen and oxygen atoms in total. The molecular weight excluding hydrogens is 340 g/mol. The predicted octanol–water partition coefficient (Wildman–Crippen LogP) is 0.716. The summed E-state index contributed by atoms with van der Waals surface area (Å²) in [6, 6.07) is 4.42. The Kier molecular flexibility index (Phi) is 4.39. The van der Waals surface area contributed by atoms with E-state index < -0.39 is 47.1 Å². The number of rotatable bonds is 5. The van der Waals surface area contributed by atoms with E-state index in [1.165, 1.54) is 14.2 Å². The van der Waals surface area contributed by atoms with Gasteiger partial charge in [-0.1, -0.05) is 19.9 Å². The SMILES string of the molecule is COc1ccc(C2NC(C(=O)O)(C(C)C)C3C(=O)NC(=O)C23)c(OC)c1. The van der Waals surface area contributed by atoms with Crippen molar-refractivity contribution in [1.29, 1.82) is 0 Å². The molecular formula is C18H22N2O6. The first kappa shape index (κ1) is 18.2. The van der Waals surface area contributed by atoms with E-state index in [1.54, 1.807) is 32.0 Å². The van der Waals surface area contributed by atoms with E-state index >= 15 is 0 Å². The summed E-state index contributed by atoms with van der Waals surface area (Å²) in [5.74, 6) is -3.40. The van der Waals surface area contributed by atoms with Crippen molar-refractivity contribution in [3.05, 3.63) is 23.8 Å². The normalized spacial score (nSPS) is 30.3. The van der Waals surface area contributed by atoms with Gasteiger partial charge >= 0.3 is 5.97 Å². The number of carboxylic acids is 1. The molecule has 2 aliphatic rings. The van der Waals surface area contributed by atoms with Crippen LogP contribution in [-0.2, 0) is 14.4 Å². The van der Waals surface area contributed by atoms with E-state index in [2.05, 4.69) is 10.6 Å². The number of benzene rings is 1. The van der Waals surface area contributed by atoms with Crippen molar-refractivity contribution in [2.24, 2.45) is 17.8 Å². The van der Waals surface area contributed by atoms with Crippen molar-refractivity contribution in [2.45, 2.75) is 25.4 Å². The van der Waals surface area contributed by atoms with Crippen LogP contribution in [0.2, 0.25) is 0 Å². The molecule has 2 heterocycles. The standard InChI is InChI=1S/C18H22N2O6/c1-8(2)18(17(23)24)13-12(15(21)19-16(13)22)14(20-18)10-6-5-9(25-3)7-11(10)26-4/h5-8,12-14,20H,1-4H3,(H,23,24)(H,19,21,22). The molecule has 0 spiro atoms. The van der Waals surface area contributed by atoms with Crippen molar-refractivity contribution in [3.63, 3.8) is 0 Å². The number of hydrogen-bond donors (Lipinski definition) is 3. The van der Waals surface area contributed by atoms with Crippen LogP contribution in [0.1, 0.15) is 25.5 Å². The highest BCUT2D eigenvalue weighted by Gasteiger charge is 2.67. The van der Waals surface area contributed by atoms with Crippen LogP contribution in [0, 0.1) is 17.8 Å². The topological polar surface area (TPSA) is 114 Å². The minimum atomic E-state index is -1.55. The van der Waals surface area contributed by atoms with E-state index in [4.69, 9.17) is 9.47 Å². The molecule has 0 aromatic heterocycles. The van der Waals surface area contributed by atoms with Gasteiger partial charge in [0.15, 0.2) is 0 Å². The summed E-state index contributed by atoms with van der Waals surface area (Å²) in [6.45, 7) is 3.45. The molecule has 3 N–H and O–H groups in total. The Bertz CT molecular complexity index is 777. The molecule has 140 valence electrons. The van der Waals surface area contributed by atoms with E-state index in [-0.39, 0.29) is 0 Å². The van der Waals surface area contributed by atoms with Crippen molar-refractivity contribution < 1.29 is 29.0 Å². The van der Waals surface area contributed by atoms with Crippen LogP contribution in [0.4, 0.5) is 0 Å². The van der Waals surface area contributed by atoms with Crippen LogP contribution in [0.3, 0.4) is 0 Å². The molecule has 0 saturated carbocycles. The highest BCUT2D eigenvalue weighted by atomic mass is 16.5. The van der Waals surface area contributed by atoms with Gasteiger partial charge in [0.1, 0.15) is 17.0 Å². The lowest BCUT2D eigenvalue weighted by atomic mass is 9.73. The number of carboxylic acid groups (broad SMARTS) is 1. The van der Waals surface area contributed by atoms with Crippen molar-refractivity contribution in [1.82, 2.24) is 10.6 Å². The number of methoxy groups -OCH3 is 2. The summed E-state index contributed by atoms with van der Waals surface area (Å²) in [6.07, 6.45) is 0. The summed E-state index contributed by atoms with van der Waals surface area (Å²) in [4.78, 5) is 37.1. The quantitative estimate of drug-likeness (QED) is 0.661. The van der Waals surface area contributed by atoms with Crippen molar-refractivity contribution >= 4 is 17.8 Å². The van der Waals surface area contributed by atoms with Gasteiger partial charge in [-0.15, -0.1) is 0 Å². The maximum Gasteiger partial charge on any atom is 0.325 e.